The lowest BCUT2D eigenvalue weighted by atomic mass is 10.0. The largest absolute Gasteiger partial charge is 0.309 e. The summed E-state index contributed by atoms with van der Waals surface area (Å²) in [5.74, 6) is 0. The molecule has 1 atom stereocenters. The second-order valence-electron chi connectivity index (χ2n) is 5.43. The van der Waals surface area contributed by atoms with Gasteiger partial charge in [0.2, 0.25) is 0 Å². The predicted molar refractivity (Wildman–Crippen MR) is 86.9 cm³/mol. The Kier molecular flexibility index (Phi) is 6.00. The zero-order chi connectivity index (χ0) is 14.2. The Morgan fingerprint density at radius 2 is 1.85 bits per heavy atom. The van der Waals surface area contributed by atoms with E-state index in [1.165, 1.54) is 36.8 Å². The lowest BCUT2D eigenvalue weighted by Gasteiger charge is -2.18. The van der Waals surface area contributed by atoms with E-state index in [0.717, 1.165) is 18.5 Å². The van der Waals surface area contributed by atoms with Gasteiger partial charge in [-0.25, -0.2) is 0 Å². The second-order valence-corrected chi connectivity index (χ2v) is 5.43. The van der Waals surface area contributed by atoms with Gasteiger partial charge in [-0.05, 0) is 31.5 Å². The van der Waals surface area contributed by atoms with Crippen molar-refractivity contribution in [2.45, 2.75) is 52.0 Å². The molecule has 2 heteroatoms. The number of fused-ring (bicyclic) bond motifs is 1. The molecule has 2 rings (SSSR count). The predicted octanol–water partition coefficient (Wildman–Crippen LogP) is 4.86. The number of pyridine rings is 1. The van der Waals surface area contributed by atoms with E-state index < -0.39 is 0 Å². The number of benzene rings is 1. The number of unbranched alkanes of at least 4 members (excludes halogenated alkanes) is 2. The molecule has 2 aromatic rings. The van der Waals surface area contributed by atoms with Gasteiger partial charge in [-0.2, -0.15) is 0 Å². The van der Waals surface area contributed by atoms with Gasteiger partial charge in [0.15, 0.2) is 0 Å². The van der Waals surface area contributed by atoms with Crippen LogP contribution in [0.2, 0.25) is 0 Å². The van der Waals surface area contributed by atoms with Crippen molar-refractivity contribution in [3.8, 4) is 0 Å². The molecule has 0 aliphatic rings. The standard InChI is InChI=1S/C18H26N2/c1-3-5-6-11-17(19-14-4-2)18-13-12-15-9-7-8-10-16(15)20-18/h7-10,12-13,17,19H,3-6,11,14H2,1-2H3. The highest BCUT2D eigenvalue weighted by molar-refractivity contribution is 5.78. The topological polar surface area (TPSA) is 24.9 Å². The molecule has 1 unspecified atom stereocenters. The average Bonchev–Trinajstić information content (AvgIpc) is 2.50. The van der Waals surface area contributed by atoms with Crippen LogP contribution in [0.4, 0.5) is 0 Å². The first-order valence-electron chi connectivity index (χ1n) is 7.94. The van der Waals surface area contributed by atoms with Crippen LogP contribution >= 0.6 is 0 Å². The fourth-order valence-corrected chi connectivity index (χ4v) is 2.55. The number of nitrogens with zero attached hydrogens (tertiary/aromatic N) is 1. The summed E-state index contributed by atoms with van der Waals surface area (Å²) in [6, 6.07) is 13.1. The SMILES string of the molecule is CCCCCC(NCCC)c1ccc2ccccc2n1. The van der Waals surface area contributed by atoms with Crippen molar-refractivity contribution >= 4 is 10.9 Å². The molecule has 20 heavy (non-hydrogen) atoms. The second kappa shape index (κ2) is 8.01. The summed E-state index contributed by atoms with van der Waals surface area (Å²) in [7, 11) is 0. The molecule has 1 aromatic heterocycles. The van der Waals surface area contributed by atoms with Crippen LogP contribution in [-0.2, 0) is 0 Å². The molecule has 2 nitrogen and oxygen atoms in total. The van der Waals surface area contributed by atoms with Gasteiger partial charge in [0.05, 0.1) is 11.2 Å². The molecular weight excluding hydrogens is 244 g/mol. The molecule has 0 saturated carbocycles. The molecule has 0 aliphatic carbocycles. The zero-order valence-corrected chi connectivity index (χ0v) is 12.7. The van der Waals surface area contributed by atoms with Crippen LogP contribution in [-0.4, -0.2) is 11.5 Å². The van der Waals surface area contributed by atoms with Gasteiger partial charge in [0.25, 0.3) is 0 Å². The van der Waals surface area contributed by atoms with Gasteiger partial charge in [0.1, 0.15) is 0 Å². The van der Waals surface area contributed by atoms with Gasteiger partial charge in [0, 0.05) is 11.4 Å². The number of hydrogen-bond acceptors (Lipinski definition) is 2. The highest BCUT2D eigenvalue weighted by Gasteiger charge is 2.12. The van der Waals surface area contributed by atoms with Crippen LogP contribution in [0.5, 0.6) is 0 Å². The summed E-state index contributed by atoms with van der Waals surface area (Å²) in [6.45, 7) is 5.53. The summed E-state index contributed by atoms with van der Waals surface area (Å²) < 4.78 is 0. The minimum atomic E-state index is 0.395. The van der Waals surface area contributed by atoms with Gasteiger partial charge in [-0.3, -0.25) is 4.98 Å². The Balaban J connectivity index is 2.15. The first-order chi connectivity index (χ1) is 9.85. The summed E-state index contributed by atoms with van der Waals surface area (Å²) >= 11 is 0. The maximum atomic E-state index is 4.84. The summed E-state index contributed by atoms with van der Waals surface area (Å²) in [6.07, 6.45) is 6.19. The van der Waals surface area contributed by atoms with E-state index in [4.69, 9.17) is 4.98 Å². The highest BCUT2D eigenvalue weighted by atomic mass is 14.9. The number of rotatable bonds is 8. The normalized spacial score (nSPS) is 12.7. The Morgan fingerprint density at radius 1 is 1.00 bits per heavy atom. The lowest BCUT2D eigenvalue weighted by molar-refractivity contribution is 0.466. The van der Waals surface area contributed by atoms with Crippen molar-refractivity contribution in [1.29, 1.82) is 0 Å². The van der Waals surface area contributed by atoms with E-state index in [-0.39, 0.29) is 0 Å². The minimum absolute atomic E-state index is 0.395. The molecule has 0 bridgehead atoms. The fraction of sp³-hybridized carbons (Fsp3) is 0.500. The Hall–Kier alpha value is -1.41. The fourth-order valence-electron chi connectivity index (χ4n) is 2.55. The third-order valence-corrected chi connectivity index (χ3v) is 3.71. The average molecular weight is 270 g/mol. The van der Waals surface area contributed by atoms with Gasteiger partial charge < -0.3 is 5.32 Å². The van der Waals surface area contributed by atoms with Crippen molar-refractivity contribution in [1.82, 2.24) is 10.3 Å². The van der Waals surface area contributed by atoms with E-state index in [2.05, 4.69) is 55.6 Å². The number of nitrogens with one attached hydrogen (secondary N) is 1. The summed E-state index contributed by atoms with van der Waals surface area (Å²) in [5.41, 5.74) is 2.29. The van der Waals surface area contributed by atoms with Crippen molar-refractivity contribution in [3.05, 3.63) is 42.1 Å². The molecular formula is C18H26N2. The van der Waals surface area contributed by atoms with Crippen molar-refractivity contribution in [2.75, 3.05) is 6.54 Å². The van der Waals surface area contributed by atoms with Crippen LogP contribution in [0.3, 0.4) is 0 Å². The van der Waals surface area contributed by atoms with Crippen LogP contribution in [0.1, 0.15) is 57.7 Å². The first-order valence-corrected chi connectivity index (χ1v) is 7.94. The summed E-state index contributed by atoms with van der Waals surface area (Å²) in [5, 5.41) is 4.87. The smallest absolute Gasteiger partial charge is 0.0706 e. The van der Waals surface area contributed by atoms with E-state index in [1.54, 1.807) is 0 Å². The molecule has 0 aliphatic heterocycles. The number of aromatic nitrogens is 1. The summed E-state index contributed by atoms with van der Waals surface area (Å²) in [4.78, 5) is 4.84. The van der Waals surface area contributed by atoms with E-state index in [1.807, 2.05) is 0 Å². The van der Waals surface area contributed by atoms with Crippen molar-refractivity contribution < 1.29 is 0 Å². The van der Waals surface area contributed by atoms with Crippen LogP contribution in [0.15, 0.2) is 36.4 Å². The Labute approximate surface area is 122 Å². The monoisotopic (exact) mass is 270 g/mol. The minimum Gasteiger partial charge on any atom is -0.309 e. The van der Waals surface area contributed by atoms with E-state index >= 15 is 0 Å². The number of hydrogen-bond donors (Lipinski definition) is 1. The van der Waals surface area contributed by atoms with Crippen molar-refractivity contribution in [3.63, 3.8) is 0 Å². The highest BCUT2D eigenvalue weighted by Crippen LogP contribution is 2.21. The quantitative estimate of drug-likeness (QED) is 0.693. The molecule has 0 amide bonds. The molecule has 0 saturated heterocycles. The maximum absolute atomic E-state index is 4.84. The Bertz CT molecular complexity index is 522. The van der Waals surface area contributed by atoms with Crippen LogP contribution < -0.4 is 5.32 Å². The van der Waals surface area contributed by atoms with Gasteiger partial charge in [-0.15, -0.1) is 0 Å². The van der Waals surface area contributed by atoms with Crippen molar-refractivity contribution in [2.24, 2.45) is 0 Å². The molecule has 108 valence electrons. The third kappa shape index (κ3) is 4.04. The van der Waals surface area contributed by atoms with Crippen LogP contribution in [0.25, 0.3) is 10.9 Å². The Morgan fingerprint density at radius 3 is 2.65 bits per heavy atom. The van der Waals surface area contributed by atoms with E-state index in [0.29, 0.717) is 6.04 Å². The lowest BCUT2D eigenvalue weighted by Crippen LogP contribution is -2.23. The van der Waals surface area contributed by atoms with Gasteiger partial charge >= 0.3 is 0 Å². The molecule has 1 heterocycles. The molecule has 0 radical (unpaired) electrons. The van der Waals surface area contributed by atoms with Crippen LogP contribution in [0, 0.1) is 0 Å². The number of para-hydroxylation sites is 1. The molecule has 0 fully saturated rings. The molecule has 1 aromatic carbocycles. The third-order valence-electron chi connectivity index (χ3n) is 3.71. The van der Waals surface area contributed by atoms with E-state index in [9.17, 15) is 0 Å². The maximum Gasteiger partial charge on any atom is 0.0706 e. The first kappa shape index (κ1) is 15.0. The molecule has 1 N–H and O–H groups in total. The molecule has 0 spiro atoms. The zero-order valence-electron chi connectivity index (χ0n) is 12.7. The van der Waals surface area contributed by atoms with Gasteiger partial charge in [-0.1, -0.05) is 57.4 Å².